The van der Waals surface area contributed by atoms with Gasteiger partial charge in [0, 0.05) is 23.3 Å². The van der Waals surface area contributed by atoms with Gasteiger partial charge in [-0.1, -0.05) is 0 Å². The molecule has 2 aromatic heterocycles. The standard InChI is InChI=1S/C11H11BrN4S/c1-2-13-9-5-11(16-7-15-9)17-10-4-3-8(12)6-14-10/h3-7H,2H2,1H3,(H,13,15,16). The Morgan fingerprint density at radius 2 is 2.12 bits per heavy atom. The first-order chi connectivity index (χ1) is 8.28. The molecule has 17 heavy (non-hydrogen) atoms. The third kappa shape index (κ3) is 3.67. The summed E-state index contributed by atoms with van der Waals surface area (Å²) in [5, 5.41) is 4.94. The summed E-state index contributed by atoms with van der Waals surface area (Å²) in [5.74, 6) is 0.835. The molecule has 0 aliphatic carbocycles. The molecule has 2 heterocycles. The SMILES string of the molecule is CCNc1cc(Sc2ccc(Br)cn2)ncn1. The van der Waals surface area contributed by atoms with Crippen molar-refractivity contribution in [2.24, 2.45) is 0 Å². The van der Waals surface area contributed by atoms with Crippen molar-refractivity contribution in [2.45, 2.75) is 17.0 Å². The average molecular weight is 311 g/mol. The zero-order chi connectivity index (χ0) is 12.1. The van der Waals surface area contributed by atoms with Crippen LogP contribution in [-0.4, -0.2) is 21.5 Å². The fourth-order valence-corrected chi connectivity index (χ4v) is 2.16. The highest BCUT2D eigenvalue weighted by atomic mass is 79.9. The second-order valence-corrected chi connectivity index (χ2v) is 5.14. The van der Waals surface area contributed by atoms with E-state index in [2.05, 4.69) is 36.2 Å². The van der Waals surface area contributed by atoms with E-state index in [4.69, 9.17) is 0 Å². The Labute approximate surface area is 112 Å². The number of anilines is 1. The van der Waals surface area contributed by atoms with E-state index in [0.717, 1.165) is 26.9 Å². The largest absolute Gasteiger partial charge is 0.370 e. The van der Waals surface area contributed by atoms with Crippen LogP contribution in [0, 0.1) is 0 Å². The number of aromatic nitrogens is 3. The zero-order valence-electron chi connectivity index (χ0n) is 9.22. The van der Waals surface area contributed by atoms with Crippen LogP contribution in [0.25, 0.3) is 0 Å². The van der Waals surface area contributed by atoms with Gasteiger partial charge in [0.1, 0.15) is 22.2 Å². The number of hydrogen-bond acceptors (Lipinski definition) is 5. The Hall–Kier alpha value is -1.14. The third-order valence-electron chi connectivity index (χ3n) is 1.91. The Morgan fingerprint density at radius 3 is 2.82 bits per heavy atom. The monoisotopic (exact) mass is 310 g/mol. The molecule has 0 aliphatic heterocycles. The quantitative estimate of drug-likeness (QED) is 0.879. The maximum absolute atomic E-state index is 4.28. The number of hydrogen-bond donors (Lipinski definition) is 1. The fourth-order valence-electron chi connectivity index (χ4n) is 1.20. The molecule has 0 fully saturated rings. The first kappa shape index (κ1) is 12.3. The lowest BCUT2D eigenvalue weighted by Crippen LogP contribution is -1.99. The summed E-state index contributed by atoms with van der Waals surface area (Å²) in [6, 6.07) is 5.82. The Kier molecular flexibility index (Phi) is 4.33. The van der Waals surface area contributed by atoms with Crippen molar-refractivity contribution in [3.05, 3.63) is 35.2 Å². The predicted octanol–water partition coefficient (Wildman–Crippen LogP) is 3.22. The van der Waals surface area contributed by atoms with E-state index >= 15 is 0 Å². The minimum atomic E-state index is 0.835. The molecule has 0 aromatic carbocycles. The zero-order valence-corrected chi connectivity index (χ0v) is 11.6. The summed E-state index contributed by atoms with van der Waals surface area (Å²) >= 11 is 4.87. The van der Waals surface area contributed by atoms with E-state index in [-0.39, 0.29) is 0 Å². The second-order valence-electron chi connectivity index (χ2n) is 3.19. The van der Waals surface area contributed by atoms with Crippen LogP contribution in [0.5, 0.6) is 0 Å². The van der Waals surface area contributed by atoms with Crippen molar-refractivity contribution >= 4 is 33.5 Å². The van der Waals surface area contributed by atoms with Crippen LogP contribution in [0.1, 0.15) is 6.92 Å². The van der Waals surface area contributed by atoms with Gasteiger partial charge in [-0.15, -0.1) is 0 Å². The molecule has 0 saturated heterocycles. The Balaban J connectivity index is 2.12. The summed E-state index contributed by atoms with van der Waals surface area (Å²) in [6.45, 7) is 2.88. The highest BCUT2D eigenvalue weighted by molar-refractivity contribution is 9.10. The van der Waals surface area contributed by atoms with Crippen LogP contribution in [0.15, 0.2) is 45.2 Å². The van der Waals surface area contributed by atoms with Crippen LogP contribution >= 0.6 is 27.7 Å². The normalized spacial score (nSPS) is 10.2. The molecule has 0 aliphatic rings. The van der Waals surface area contributed by atoms with Crippen LogP contribution in [0.2, 0.25) is 0 Å². The third-order valence-corrected chi connectivity index (χ3v) is 3.26. The van der Waals surface area contributed by atoms with Crippen molar-refractivity contribution in [3.8, 4) is 0 Å². The van der Waals surface area contributed by atoms with Crippen LogP contribution in [0.4, 0.5) is 5.82 Å². The molecule has 0 amide bonds. The lowest BCUT2D eigenvalue weighted by molar-refractivity contribution is 1.02. The number of halogens is 1. The number of nitrogens with zero attached hydrogens (tertiary/aromatic N) is 3. The van der Waals surface area contributed by atoms with Crippen molar-refractivity contribution in [1.82, 2.24) is 15.0 Å². The molecular weight excluding hydrogens is 300 g/mol. The van der Waals surface area contributed by atoms with Crippen LogP contribution in [-0.2, 0) is 0 Å². The highest BCUT2D eigenvalue weighted by Gasteiger charge is 2.02. The molecule has 2 rings (SSSR count). The molecule has 0 unspecified atom stereocenters. The van der Waals surface area contributed by atoms with E-state index in [1.165, 1.54) is 11.8 Å². The van der Waals surface area contributed by atoms with E-state index in [1.54, 1.807) is 12.5 Å². The molecule has 0 spiro atoms. The molecule has 0 bridgehead atoms. The summed E-state index contributed by atoms with van der Waals surface area (Å²) < 4.78 is 0.970. The van der Waals surface area contributed by atoms with Gasteiger partial charge in [-0.3, -0.25) is 0 Å². The van der Waals surface area contributed by atoms with Crippen LogP contribution in [0.3, 0.4) is 0 Å². The van der Waals surface area contributed by atoms with Crippen LogP contribution < -0.4 is 5.32 Å². The van der Waals surface area contributed by atoms with Crippen molar-refractivity contribution in [3.63, 3.8) is 0 Å². The number of rotatable bonds is 4. The van der Waals surface area contributed by atoms with E-state index in [0.29, 0.717) is 0 Å². The van der Waals surface area contributed by atoms with Gasteiger partial charge >= 0.3 is 0 Å². The predicted molar refractivity (Wildman–Crippen MR) is 72.3 cm³/mol. The Bertz CT molecular complexity index is 489. The molecule has 1 N–H and O–H groups in total. The fraction of sp³-hybridized carbons (Fsp3) is 0.182. The van der Waals surface area contributed by atoms with Crippen molar-refractivity contribution < 1.29 is 0 Å². The van der Waals surface area contributed by atoms with E-state index in [9.17, 15) is 0 Å². The van der Waals surface area contributed by atoms with E-state index < -0.39 is 0 Å². The number of nitrogens with one attached hydrogen (secondary N) is 1. The first-order valence-electron chi connectivity index (χ1n) is 5.13. The molecule has 0 saturated carbocycles. The van der Waals surface area contributed by atoms with Gasteiger partial charge in [0.25, 0.3) is 0 Å². The maximum atomic E-state index is 4.28. The van der Waals surface area contributed by atoms with Crippen molar-refractivity contribution in [1.29, 1.82) is 0 Å². The number of pyridine rings is 1. The smallest absolute Gasteiger partial charge is 0.130 e. The molecule has 4 nitrogen and oxygen atoms in total. The summed E-state index contributed by atoms with van der Waals surface area (Å²) in [6.07, 6.45) is 3.33. The van der Waals surface area contributed by atoms with Gasteiger partial charge < -0.3 is 5.32 Å². The lowest BCUT2D eigenvalue weighted by atomic mass is 10.5. The summed E-state index contributed by atoms with van der Waals surface area (Å²) in [4.78, 5) is 12.6. The molecule has 88 valence electrons. The minimum Gasteiger partial charge on any atom is -0.370 e. The minimum absolute atomic E-state index is 0.835. The maximum Gasteiger partial charge on any atom is 0.130 e. The topological polar surface area (TPSA) is 50.7 Å². The molecule has 2 aromatic rings. The van der Waals surface area contributed by atoms with Gasteiger partial charge in [-0.25, -0.2) is 15.0 Å². The van der Waals surface area contributed by atoms with Gasteiger partial charge in [0.15, 0.2) is 0 Å². The van der Waals surface area contributed by atoms with Crippen molar-refractivity contribution in [2.75, 3.05) is 11.9 Å². The lowest BCUT2D eigenvalue weighted by Gasteiger charge is -2.03. The van der Waals surface area contributed by atoms with Gasteiger partial charge in [0.2, 0.25) is 0 Å². The van der Waals surface area contributed by atoms with E-state index in [1.807, 2.05) is 25.1 Å². The molecular formula is C11H11BrN4S. The molecule has 0 atom stereocenters. The second kappa shape index (κ2) is 5.97. The molecule has 6 heteroatoms. The first-order valence-corrected chi connectivity index (χ1v) is 6.74. The average Bonchev–Trinajstić information content (AvgIpc) is 2.33. The summed E-state index contributed by atoms with van der Waals surface area (Å²) in [5.41, 5.74) is 0. The molecule has 0 radical (unpaired) electrons. The van der Waals surface area contributed by atoms with Gasteiger partial charge in [0.05, 0.1) is 0 Å². The Morgan fingerprint density at radius 1 is 1.24 bits per heavy atom. The van der Waals surface area contributed by atoms with Gasteiger partial charge in [-0.2, -0.15) is 0 Å². The van der Waals surface area contributed by atoms with Gasteiger partial charge in [-0.05, 0) is 46.7 Å². The highest BCUT2D eigenvalue weighted by Crippen LogP contribution is 2.25. The summed E-state index contributed by atoms with van der Waals surface area (Å²) in [7, 11) is 0.